The van der Waals surface area contributed by atoms with E-state index in [2.05, 4.69) is 32.1 Å². The summed E-state index contributed by atoms with van der Waals surface area (Å²) in [5.74, 6) is 1.45. The van der Waals surface area contributed by atoms with E-state index in [0.717, 1.165) is 48.8 Å². The molecule has 0 aliphatic carbocycles. The average molecular weight is 379 g/mol. The topological polar surface area (TPSA) is 73.9 Å². The highest BCUT2D eigenvalue weighted by Crippen LogP contribution is 2.23. The molecule has 1 fully saturated rings. The molecule has 0 atom stereocenters. The van der Waals surface area contributed by atoms with Crippen LogP contribution in [0.4, 0.5) is 16.0 Å². The Kier molecular flexibility index (Phi) is 5.06. The number of hydrogen-bond donors (Lipinski definition) is 2. The Morgan fingerprint density at radius 1 is 1.14 bits per heavy atom. The van der Waals surface area contributed by atoms with Crippen molar-refractivity contribution >= 4 is 17.5 Å². The lowest BCUT2D eigenvalue weighted by Crippen LogP contribution is -2.33. The first-order valence-corrected chi connectivity index (χ1v) is 9.41. The lowest BCUT2D eigenvalue weighted by Gasteiger charge is -2.31. The minimum Gasteiger partial charge on any atom is -0.357 e. The number of anilines is 2. The fourth-order valence-corrected chi connectivity index (χ4v) is 3.34. The van der Waals surface area contributed by atoms with Gasteiger partial charge in [-0.3, -0.25) is 4.79 Å². The van der Waals surface area contributed by atoms with Crippen LogP contribution in [0.15, 0.2) is 48.9 Å². The van der Waals surface area contributed by atoms with Gasteiger partial charge in [0.05, 0.1) is 0 Å². The Labute approximate surface area is 162 Å². The predicted molar refractivity (Wildman–Crippen MR) is 107 cm³/mol. The first kappa shape index (κ1) is 18.2. The summed E-state index contributed by atoms with van der Waals surface area (Å²) in [5.41, 5.74) is 2.06. The quantitative estimate of drug-likeness (QED) is 0.716. The van der Waals surface area contributed by atoms with Crippen LogP contribution in [0.2, 0.25) is 0 Å². The third-order valence-corrected chi connectivity index (χ3v) is 5.11. The summed E-state index contributed by atoms with van der Waals surface area (Å²) in [5, 5.41) is 2.81. The molecule has 144 valence electrons. The van der Waals surface area contributed by atoms with Crippen LogP contribution < -0.4 is 10.2 Å². The molecule has 0 spiro atoms. The number of halogens is 1. The molecule has 1 aromatic carbocycles. The smallest absolute Gasteiger partial charge is 0.273 e. The van der Waals surface area contributed by atoms with Crippen LogP contribution in [0.5, 0.6) is 0 Å². The summed E-state index contributed by atoms with van der Waals surface area (Å²) in [6.07, 6.45) is 5.48. The van der Waals surface area contributed by atoms with Gasteiger partial charge in [-0.2, -0.15) is 0 Å². The van der Waals surface area contributed by atoms with Gasteiger partial charge >= 0.3 is 0 Å². The molecule has 3 aromatic rings. The second-order valence-electron chi connectivity index (χ2n) is 7.19. The summed E-state index contributed by atoms with van der Waals surface area (Å²) >= 11 is 0. The number of nitrogens with one attached hydrogen (secondary N) is 2. The zero-order valence-electron chi connectivity index (χ0n) is 15.7. The molecule has 3 heterocycles. The molecule has 2 aromatic heterocycles. The Morgan fingerprint density at radius 3 is 2.64 bits per heavy atom. The third kappa shape index (κ3) is 4.03. The van der Waals surface area contributed by atoms with Crippen LogP contribution in [0.25, 0.3) is 11.1 Å². The number of benzene rings is 1. The molecule has 0 bridgehead atoms. The van der Waals surface area contributed by atoms with E-state index in [-0.39, 0.29) is 11.7 Å². The Balaban J connectivity index is 1.45. The van der Waals surface area contributed by atoms with Crippen molar-refractivity contribution in [2.45, 2.75) is 19.8 Å². The lowest BCUT2D eigenvalue weighted by molar-refractivity contribution is 0.102. The fourth-order valence-electron chi connectivity index (χ4n) is 3.34. The van der Waals surface area contributed by atoms with Crippen LogP contribution in [-0.4, -0.2) is 33.9 Å². The molecular formula is C21H22FN5O. The number of carbonyl (C=O) groups excluding carboxylic acids is 1. The molecule has 4 rings (SSSR count). The van der Waals surface area contributed by atoms with Gasteiger partial charge in [-0.05, 0) is 48.1 Å². The number of aromatic amines is 1. The van der Waals surface area contributed by atoms with E-state index in [1.54, 1.807) is 30.5 Å². The van der Waals surface area contributed by atoms with Crippen molar-refractivity contribution in [3.05, 3.63) is 60.4 Å². The van der Waals surface area contributed by atoms with E-state index >= 15 is 0 Å². The van der Waals surface area contributed by atoms with Gasteiger partial charge < -0.3 is 15.2 Å². The number of H-pyrrole nitrogens is 1. The molecule has 1 aliphatic heterocycles. The van der Waals surface area contributed by atoms with Crippen LogP contribution in [0, 0.1) is 11.7 Å². The van der Waals surface area contributed by atoms with Crippen LogP contribution in [-0.2, 0) is 0 Å². The Morgan fingerprint density at radius 2 is 1.89 bits per heavy atom. The first-order valence-electron chi connectivity index (χ1n) is 9.41. The number of piperidine rings is 1. The van der Waals surface area contributed by atoms with Crippen molar-refractivity contribution in [1.29, 1.82) is 0 Å². The number of rotatable bonds is 4. The Bertz CT molecular complexity index is 961. The maximum absolute atomic E-state index is 13.1. The SMILES string of the molecule is CC1CCN(c2cc(NC(=O)c3cc(-c4ccc(F)cc4)c[nH]3)ncn2)CC1. The summed E-state index contributed by atoms with van der Waals surface area (Å²) < 4.78 is 13.1. The molecule has 28 heavy (non-hydrogen) atoms. The number of nitrogens with zero attached hydrogens (tertiary/aromatic N) is 3. The number of amides is 1. The first-order chi connectivity index (χ1) is 13.6. The second-order valence-corrected chi connectivity index (χ2v) is 7.19. The largest absolute Gasteiger partial charge is 0.357 e. The van der Waals surface area contributed by atoms with Crippen molar-refractivity contribution < 1.29 is 9.18 Å². The molecular weight excluding hydrogens is 357 g/mol. The van der Waals surface area contributed by atoms with Crippen molar-refractivity contribution in [3.63, 3.8) is 0 Å². The lowest BCUT2D eigenvalue weighted by atomic mass is 9.99. The van der Waals surface area contributed by atoms with Gasteiger partial charge in [-0.1, -0.05) is 19.1 Å². The van der Waals surface area contributed by atoms with Crippen LogP contribution in [0.1, 0.15) is 30.3 Å². The monoisotopic (exact) mass is 379 g/mol. The predicted octanol–water partition coefficient (Wildman–Crippen LogP) is 4.10. The van der Waals surface area contributed by atoms with Gasteiger partial charge in [0.2, 0.25) is 0 Å². The van der Waals surface area contributed by atoms with Crippen molar-refractivity contribution in [2.24, 2.45) is 5.92 Å². The van der Waals surface area contributed by atoms with E-state index in [1.807, 2.05) is 0 Å². The molecule has 2 N–H and O–H groups in total. The zero-order chi connectivity index (χ0) is 19.5. The zero-order valence-corrected chi connectivity index (χ0v) is 15.7. The standard InChI is InChI=1S/C21H22FN5O/c1-14-6-8-27(9-7-14)20-11-19(24-13-25-20)26-21(28)18-10-16(12-23-18)15-2-4-17(22)5-3-15/h2-5,10-14,23H,6-9H2,1H3,(H,24,25,26,28). The van der Waals surface area contributed by atoms with Crippen molar-refractivity contribution in [2.75, 3.05) is 23.3 Å². The van der Waals surface area contributed by atoms with Crippen molar-refractivity contribution in [3.8, 4) is 11.1 Å². The molecule has 1 saturated heterocycles. The van der Waals surface area contributed by atoms with E-state index < -0.39 is 0 Å². The maximum Gasteiger partial charge on any atom is 0.273 e. The van der Waals surface area contributed by atoms with Crippen molar-refractivity contribution in [1.82, 2.24) is 15.0 Å². The number of carbonyl (C=O) groups is 1. The average Bonchev–Trinajstić information content (AvgIpc) is 3.20. The van der Waals surface area contributed by atoms with Gasteiger partial charge in [0, 0.05) is 25.4 Å². The normalized spacial score (nSPS) is 14.9. The van der Waals surface area contributed by atoms with E-state index in [0.29, 0.717) is 11.5 Å². The molecule has 7 heteroatoms. The summed E-state index contributed by atoms with van der Waals surface area (Å²) in [6.45, 7) is 4.19. The highest BCUT2D eigenvalue weighted by Gasteiger charge is 2.18. The Hall–Kier alpha value is -3.22. The third-order valence-electron chi connectivity index (χ3n) is 5.11. The number of aromatic nitrogens is 3. The van der Waals surface area contributed by atoms with Gasteiger partial charge in [0.15, 0.2) is 0 Å². The highest BCUT2D eigenvalue weighted by molar-refractivity contribution is 6.03. The minimum absolute atomic E-state index is 0.287. The van der Waals surface area contributed by atoms with E-state index in [9.17, 15) is 9.18 Å². The molecule has 1 amide bonds. The van der Waals surface area contributed by atoms with Gasteiger partial charge in [0.25, 0.3) is 5.91 Å². The van der Waals surface area contributed by atoms with E-state index in [1.165, 1.54) is 18.5 Å². The highest BCUT2D eigenvalue weighted by atomic mass is 19.1. The summed E-state index contributed by atoms with van der Waals surface area (Å²) in [7, 11) is 0. The fraction of sp³-hybridized carbons (Fsp3) is 0.286. The maximum atomic E-state index is 13.1. The summed E-state index contributed by atoms with van der Waals surface area (Å²) in [6, 6.07) is 9.68. The van der Waals surface area contributed by atoms with Gasteiger partial charge in [0.1, 0.15) is 29.5 Å². The second kappa shape index (κ2) is 7.80. The van der Waals surface area contributed by atoms with Crippen LogP contribution >= 0.6 is 0 Å². The molecule has 0 radical (unpaired) electrons. The molecule has 0 unspecified atom stereocenters. The minimum atomic E-state index is -0.292. The van der Waals surface area contributed by atoms with Gasteiger partial charge in [-0.25, -0.2) is 14.4 Å². The van der Waals surface area contributed by atoms with Crippen LogP contribution in [0.3, 0.4) is 0 Å². The van der Waals surface area contributed by atoms with Gasteiger partial charge in [-0.15, -0.1) is 0 Å². The molecule has 6 nitrogen and oxygen atoms in total. The van der Waals surface area contributed by atoms with E-state index in [4.69, 9.17) is 0 Å². The molecule has 1 aliphatic rings. The summed E-state index contributed by atoms with van der Waals surface area (Å²) in [4.78, 5) is 26.3. The number of hydrogen-bond acceptors (Lipinski definition) is 4. The molecule has 0 saturated carbocycles.